The molecule has 0 radical (unpaired) electrons. The summed E-state index contributed by atoms with van der Waals surface area (Å²) in [6.45, 7) is 2.44. The van der Waals surface area contributed by atoms with Crippen LogP contribution in [0.25, 0.3) is 10.2 Å². The molecule has 26 heavy (non-hydrogen) atoms. The van der Waals surface area contributed by atoms with Crippen LogP contribution in [0.5, 0.6) is 0 Å². The Hall–Kier alpha value is -2.51. The van der Waals surface area contributed by atoms with Crippen LogP contribution < -0.4 is 4.90 Å². The molecule has 1 unspecified atom stereocenters. The van der Waals surface area contributed by atoms with Gasteiger partial charge in [0.25, 0.3) is 0 Å². The fraction of sp³-hybridized carbons (Fsp3) is 0.211. The highest BCUT2D eigenvalue weighted by Crippen LogP contribution is 2.33. The Bertz CT molecular complexity index is 968. The maximum atomic E-state index is 12.7. The number of thiocarbonyl (C=S) groups is 1. The number of hydrogen-bond donors (Lipinski definition) is 0. The summed E-state index contributed by atoms with van der Waals surface area (Å²) in [6.07, 6.45) is -0.499. The zero-order valence-electron chi connectivity index (χ0n) is 14.4. The van der Waals surface area contributed by atoms with Gasteiger partial charge in [-0.1, -0.05) is 47.2 Å². The van der Waals surface area contributed by atoms with Gasteiger partial charge < -0.3 is 9.64 Å². The molecule has 1 fully saturated rings. The number of urea groups is 1. The number of aromatic nitrogens is 1. The Morgan fingerprint density at radius 2 is 2.08 bits per heavy atom. The van der Waals surface area contributed by atoms with Crippen LogP contribution in [0.15, 0.2) is 48.5 Å². The molecule has 2 heterocycles. The van der Waals surface area contributed by atoms with Crippen molar-refractivity contribution >= 4 is 50.0 Å². The van der Waals surface area contributed by atoms with Crippen LogP contribution in [0.2, 0.25) is 0 Å². The van der Waals surface area contributed by atoms with Gasteiger partial charge in [0.2, 0.25) is 6.23 Å². The first-order valence-corrected chi connectivity index (χ1v) is 9.43. The summed E-state index contributed by atoms with van der Waals surface area (Å²) in [5, 5.41) is 1.01. The second kappa shape index (κ2) is 6.66. The molecular weight excluding hydrogens is 366 g/mol. The van der Waals surface area contributed by atoms with Crippen LogP contribution >= 0.6 is 23.6 Å². The van der Waals surface area contributed by atoms with E-state index in [1.165, 1.54) is 11.3 Å². The maximum Gasteiger partial charge on any atom is 0.329 e. The van der Waals surface area contributed by atoms with E-state index in [9.17, 15) is 4.79 Å². The zero-order chi connectivity index (χ0) is 18.3. The zero-order valence-corrected chi connectivity index (χ0v) is 16.0. The standard InChI is InChI=1S/C19H17N3O2S2/c1-12-6-5-7-13(10-12)17(25)24-16-11-21(2)19(23)22(16)18-20-14-8-3-4-9-15(14)26-18/h3-10,16H,11H2,1-2H3. The number of ether oxygens (including phenoxy) is 1. The number of likely N-dealkylation sites (N-methyl/N-ethyl adjacent to an activating group) is 1. The summed E-state index contributed by atoms with van der Waals surface area (Å²) in [4.78, 5) is 20.5. The van der Waals surface area contributed by atoms with Crippen LogP contribution in [0.3, 0.4) is 0 Å². The highest BCUT2D eigenvalue weighted by Gasteiger charge is 2.40. The summed E-state index contributed by atoms with van der Waals surface area (Å²) in [7, 11) is 1.75. The number of fused-ring (bicyclic) bond motifs is 1. The van der Waals surface area contributed by atoms with Gasteiger partial charge in [-0.3, -0.25) is 0 Å². The molecule has 1 aliphatic heterocycles. The van der Waals surface area contributed by atoms with Crippen molar-refractivity contribution in [1.82, 2.24) is 9.88 Å². The van der Waals surface area contributed by atoms with Crippen molar-refractivity contribution in [2.24, 2.45) is 0 Å². The molecule has 7 heteroatoms. The third-order valence-corrected chi connectivity index (χ3v) is 5.60. The van der Waals surface area contributed by atoms with Gasteiger partial charge in [0.1, 0.15) is 0 Å². The number of nitrogens with zero attached hydrogens (tertiary/aromatic N) is 3. The Morgan fingerprint density at radius 1 is 1.27 bits per heavy atom. The summed E-state index contributed by atoms with van der Waals surface area (Å²) in [6, 6.07) is 15.5. The number of para-hydroxylation sites is 1. The maximum absolute atomic E-state index is 12.7. The second-order valence-corrected chi connectivity index (χ2v) is 7.61. The highest BCUT2D eigenvalue weighted by molar-refractivity contribution is 7.80. The lowest BCUT2D eigenvalue weighted by atomic mass is 10.1. The predicted octanol–water partition coefficient (Wildman–Crippen LogP) is 4.19. The molecule has 2 aromatic carbocycles. The fourth-order valence-electron chi connectivity index (χ4n) is 2.92. The van der Waals surface area contributed by atoms with Gasteiger partial charge in [-0.15, -0.1) is 0 Å². The van der Waals surface area contributed by atoms with Crippen LogP contribution in [-0.4, -0.2) is 40.8 Å². The molecular formula is C19H17N3O2S2. The Kier molecular flexibility index (Phi) is 4.34. The molecule has 1 atom stereocenters. The van der Waals surface area contributed by atoms with Crippen molar-refractivity contribution in [1.29, 1.82) is 0 Å². The fourth-order valence-corrected chi connectivity index (χ4v) is 4.16. The quantitative estimate of drug-likeness (QED) is 0.636. The first kappa shape index (κ1) is 16.9. The Morgan fingerprint density at radius 3 is 2.85 bits per heavy atom. The van der Waals surface area contributed by atoms with Crippen LogP contribution in [0, 0.1) is 6.92 Å². The van der Waals surface area contributed by atoms with E-state index in [0.29, 0.717) is 16.7 Å². The number of rotatable bonds is 3. The number of anilines is 1. The SMILES string of the molecule is Cc1cccc(C(=S)OC2CN(C)C(=O)N2c2nc3ccccc3s2)c1. The van der Waals surface area contributed by atoms with E-state index in [0.717, 1.165) is 21.3 Å². The summed E-state index contributed by atoms with van der Waals surface area (Å²) in [5.74, 6) is 0. The first-order chi connectivity index (χ1) is 12.5. The van der Waals surface area contributed by atoms with E-state index in [-0.39, 0.29) is 6.03 Å². The van der Waals surface area contributed by atoms with Crippen molar-refractivity contribution in [2.45, 2.75) is 13.2 Å². The number of carbonyl (C=O) groups excluding carboxylic acids is 1. The second-order valence-electron chi connectivity index (χ2n) is 6.23. The molecule has 0 N–H and O–H groups in total. The predicted molar refractivity (Wildman–Crippen MR) is 108 cm³/mol. The van der Waals surface area contributed by atoms with Gasteiger partial charge in [0.15, 0.2) is 10.2 Å². The molecule has 1 saturated heterocycles. The minimum Gasteiger partial charge on any atom is -0.457 e. The smallest absolute Gasteiger partial charge is 0.329 e. The number of aryl methyl sites for hydroxylation is 1. The summed E-state index contributed by atoms with van der Waals surface area (Å²) < 4.78 is 7.05. The molecule has 2 amide bonds. The molecule has 0 saturated carbocycles. The van der Waals surface area contributed by atoms with Crippen molar-refractivity contribution in [3.63, 3.8) is 0 Å². The van der Waals surface area contributed by atoms with E-state index in [4.69, 9.17) is 17.0 Å². The average molecular weight is 383 g/mol. The molecule has 0 aliphatic carbocycles. The van der Waals surface area contributed by atoms with Gasteiger partial charge in [0.05, 0.1) is 16.8 Å². The minimum absolute atomic E-state index is 0.138. The molecule has 1 aliphatic rings. The molecule has 0 bridgehead atoms. The van der Waals surface area contributed by atoms with Crippen molar-refractivity contribution in [3.05, 3.63) is 59.7 Å². The molecule has 5 nitrogen and oxygen atoms in total. The lowest BCUT2D eigenvalue weighted by Crippen LogP contribution is -2.37. The number of hydrogen-bond acceptors (Lipinski definition) is 5. The summed E-state index contributed by atoms with van der Waals surface area (Å²) in [5.41, 5.74) is 2.82. The topological polar surface area (TPSA) is 45.7 Å². The van der Waals surface area contributed by atoms with E-state index < -0.39 is 6.23 Å². The lowest BCUT2D eigenvalue weighted by Gasteiger charge is -2.21. The van der Waals surface area contributed by atoms with Crippen LogP contribution in [0.1, 0.15) is 11.1 Å². The summed E-state index contributed by atoms with van der Waals surface area (Å²) >= 11 is 6.94. The van der Waals surface area contributed by atoms with Gasteiger partial charge >= 0.3 is 6.03 Å². The van der Waals surface area contributed by atoms with Crippen molar-refractivity contribution < 1.29 is 9.53 Å². The molecule has 0 spiro atoms. The van der Waals surface area contributed by atoms with Gasteiger partial charge in [-0.2, -0.15) is 0 Å². The van der Waals surface area contributed by atoms with Gasteiger partial charge in [-0.25, -0.2) is 14.7 Å². The number of carbonyl (C=O) groups is 1. The molecule has 3 aromatic rings. The highest BCUT2D eigenvalue weighted by atomic mass is 32.1. The number of amides is 2. The third kappa shape index (κ3) is 3.04. The van der Waals surface area contributed by atoms with Crippen molar-refractivity contribution in [2.75, 3.05) is 18.5 Å². The van der Waals surface area contributed by atoms with E-state index in [2.05, 4.69) is 4.98 Å². The Balaban J connectivity index is 1.63. The van der Waals surface area contributed by atoms with Gasteiger partial charge in [0, 0.05) is 12.6 Å². The monoisotopic (exact) mass is 383 g/mol. The van der Waals surface area contributed by atoms with Crippen LogP contribution in [0.4, 0.5) is 9.93 Å². The third-order valence-electron chi connectivity index (χ3n) is 4.24. The lowest BCUT2D eigenvalue weighted by molar-refractivity contribution is 0.202. The van der Waals surface area contributed by atoms with E-state index in [1.54, 1.807) is 16.8 Å². The Labute approximate surface area is 160 Å². The minimum atomic E-state index is -0.499. The number of benzene rings is 2. The number of thiazole rings is 1. The van der Waals surface area contributed by atoms with Crippen molar-refractivity contribution in [3.8, 4) is 0 Å². The first-order valence-electron chi connectivity index (χ1n) is 8.20. The largest absolute Gasteiger partial charge is 0.457 e. The molecule has 4 rings (SSSR count). The molecule has 1 aromatic heterocycles. The molecule has 132 valence electrons. The van der Waals surface area contributed by atoms with Gasteiger partial charge in [-0.05, 0) is 37.3 Å². The van der Waals surface area contributed by atoms with E-state index >= 15 is 0 Å². The van der Waals surface area contributed by atoms with Crippen LogP contribution in [-0.2, 0) is 4.74 Å². The van der Waals surface area contributed by atoms with E-state index in [1.807, 2.05) is 55.5 Å². The average Bonchev–Trinajstić information content (AvgIpc) is 3.15. The normalized spacial score (nSPS) is 17.2.